The zero-order chi connectivity index (χ0) is 18.3. The van der Waals surface area contributed by atoms with Crippen LogP contribution in [-0.4, -0.2) is 106 Å². The topological polar surface area (TPSA) is 46.1 Å². The summed E-state index contributed by atoms with van der Waals surface area (Å²) in [5.41, 5.74) is 0. The van der Waals surface area contributed by atoms with Crippen LogP contribution in [0.3, 0.4) is 0 Å². The number of hydrogen-bond acceptors (Lipinski definition) is 4. The minimum atomic E-state index is -4.13. The van der Waals surface area contributed by atoms with Gasteiger partial charge in [0.1, 0.15) is 0 Å². The number of rotatable bonds is 5. The Bertz CT molecular complexity index is 429. The first-order valence-electron chi connectivity index (χ1n) is 9.03. The first-order chi connectivity index (χ1) is 11.9. The molecule has 2 rings (SSSR count). The summed E-state index contributed by atoms with van der Waals surface area (Å²) in [6.45, 7) is 6.16. The van der Waals surface area contributed by atoms with E-state index in [1.54, 1.807) is 7.05 Å². The van der Waals surface area contributed by atoms with Crippen LogP contribution in [0, 0.1) is 0 Å². The van der Waals surface area contributed by atoms with E-state index in [1.165, 1.54) is 11.3 Å². The molecule has 0 aromatic heterocycles. The molecule has 2 N–H and O–H groups in total. The summed E-state index contributed by atoms with van der Waals surface area (Å²) in [5, 5.41) is 6.52. The molecule has 1 atom stereocenters. The number of likely N-dealkylation sites (tertiary alicyclic amines) is 1. The van der Waals surface area contributed by atoms with Crippen molar-refractivity contribution < 1.29 is 13.2 Å². The molecule has 9 heteroatoms. The number of nitrogens with zero attached hydrogens (tertiary/aromatic N) is 4. The maximum Gasteiger partial charge on any atom is 0.401 e. The lowest BCUT2D eigenvalue weighted by Gasteiger charge is -2.22. The molecule has 2 aliphatic heterocycles. The zero-order valence-electron chi connectivity index (χ0n) is 15.3. The molecular formula is C16H31F3N6. The monoisotopic (exact) mass is 364 g/mol. The summed E-state index contributed by atoms with van der Waals surface area (Å²) >= 11 is 0. The largest absolute Gasteiger partial charge is 0.401 e. The molecular weight excluding hydrogens is 333 g/mol. The average Bonchev–Trinajstić information content (AvgIpc) is 2.84. The minimum absolute atomic E-state index is 0.0142. The van der Waals surface area contributed by atoms with Crippen molar-refractivity contribution in [3.63, 3.8) is 0 Å². The van der Waals surface area contributed by atoms with E-state index in [1.807, 2.05) is 0 Å². The standard InChI is InChI=1S/C16H31F3N6/c1-20-15(21-5-9-24-7-3-6-23(2)10-11-24)22-14-4-8-25(12-14)13-16(17,18)19/h14H,3-13H2,1-2H3,(H2,20,21,22). The molecule has 0 spiro atoms. The Hall–Kier alpha value is -1.06. The van der Waals surface area contributed by atoms with Crippen molar-refractivity contribution in [2.45, 2.75) is 25.1 Å². The molecule has 0 amide bonds. The van der Waals surface area contributed by atoms with Gasteiger partial charge in [-0.1, -0.05) is 0 Å². The lowest BCUT2D eigenvalue weighted by molar-refractivity contribution is -0.143. The fourth-order valence-electron chi connectivity index (χ4n) is 3.39. The van der Waals surface area contributed by atoms with E-state index >= 15 is 0 Å². The van der Waals surface area contributed by atoms with Crippen molar-refractivity contribution in [2.24, 2.45) is 4.99 Å². The summed E-state index contributed by atoms with van der Waals surface area (Å²) in [7, 11) is 3.84. The highest BCUT2D eigenvalue weighted by atomic mass is 19.4. The second-order valence-corrected chi connectivity index (χ2v) is 6.98. The van der Waals surface area contributed by atoms with E-state index in [2.05, 4.69) is 32.5 Å². The Morgan fingerprint density at radius 1 is 1.12 bits per heavy atom. The van der Waals surface area contributed by atoms with Gasteiger partial charge in [-0.05, 0) is 33.0 Å². The molecule has 25 heavy (non-hydrogen) atoms. The number of nitrogens with one attached hydrogen (secondary N) is 2. The Morgan fingerprint density at radius 2 is 1.92 bits per heavy atom. The third-order valence-electron chi connectivity index (χ3n) is 4.77. The summed E-state index contributed by atoms with van der Waals surface area (Å²) < 4.78 is 37.4. The molecule has 1 unspecified atom stereocenters. The van der Waals surface area contributed by atoms with Gasteiger partial charge in [-0.15, -0.1) is 0 Å². The lowest BCUT2D eigenvalue weighted by atomic mass is 10.3. The van der Waals surface area contributed by atoms with Crippen molar-refractivity contribution in [1.82, 2.24) is 25.3 Å². The molecule has 0 saturated carbocycles. The number of guanidine groups is 1. The maximum atomic E-state index is 12.5. The van der Waals surface area contributed by atoms with Crippen LogP contribution in [0.4, 0.5) is 13.2 Å². The predicted octanol–water partition coefficient (Wildman–Crippen LogP) is 0.426. The third-order valence-corrected chi connectivity index (χ3v) is 4.77. The van der Waals surface area contributed by atoms with Crippen LogP contribution in [0.1, 0.15) is 12.8 Å². The molecule has 6 nitrogen and oxygen atoms in total. The molecule has 0 bridgehead atoms. The molecule has 0 radical (unpaired) electrons. The van der Waals surface area contributed by atoms with Crippen LogP contribution >= 0.6 is 0 Å². The predicted molar refractivity (Wildman–Crippen MR) is 94.0 cm³/mol. The molecule has 2 aliphatic rings. The van der Waals surface area contributed by atoms with Gasteiger partial charge < -0.3 is 20.4 Å². The van der Waals surface area contributed by atoms with Crippen molar-refractivity contribution in [3.8, 4) is 0 Å². The van der Waals surface area contributed by atoms with Gasteiger partial charge in [0.2, 0.25) is 0 Å². The Labute approximate surface area is 148 Å². The zero-order valence-corrected chi connectivity index (χ0v) is 15.3. The fraction of sp³-hybridized carbons (Fsp3) is 0.938. The highest BCUT2D eigenvalue weighted by Gasteiger charge is 2.34. The second kappa shape index (κ2) is 9.59. The first kappa shape index (κ1) is 20.3. The van der Waals surface area contributed by atoms with Crippen molar-refractivity contribution >= 4 is 5.96 Å². The smallest absolute Gasteiger partial charge is 0.355 e. The number of hydrogen-bond donors (Lipinski definition) is 2. The number of aliphatic imine (C=N–C) groups is 1. The summed E-state index contributed by atoms with van der Waals surface area (Å²) in [6, 6.07) is 0.0142. The molecule has 146 valence electrons. The fourth-order valence-corrected chi connectivity index (χ4v) is 3.39. The third kappa shape index (κ3) is 7.79. The molecule has 2 heterocycles. The summed E-state index contributed by atoms with van der Waals surface area (Å²) in [5.74, 6) is 0.672. The van der Waals surface area contributed by atoms with Gasteiger partial charge in [0.05, 0.1) is 6.54 Å². The van der Waals surface area contributed by atoms with Crippen LogP contribution < -0.4 is 10.6 Å². The van der Waals surface area contributed by atoms with E-state index in [4.69, 9.17) is 0 Å². The van der Waals surface area contributed by atoms with Crippen LogP contribution in [0.2, 0.25) is 0 Å². The van der Waals surface area contributed by atoms with Gasteiger partial charge in [-0.2, -0.15) is 13.2 Å². The Morgan fingerprint density at radius 3 is 2.64 bits per heavy atom. The summed E-state index contributed by atoms with van der Waals surface area (Å²) in [4.78, 5) is 10.4. The lowest BCUT2D eigenvalue weighted by Crippen LogP contribution is -2.47. The minimum Gasteiger partial charge on any atom is -0.355 e. The molecule has 2 saturated heterocycles. The summed E-state index contributed by atoms with van der Waals surface area (Å²) in [6.07, 6.45) is -2.24. The molecule has 2 fully saturated rings. The average molecular weight is 364 g/mol. The Balaban J connectivity index is 1.66. The number of likely N-dealkylation sites (N-methyl/N-ethyl adjacent to an activating group) is 1. The van der Waals surface area contributed by atoms with E-state index in [9.17, 15) is 13.2 Å². The molecule has 0 aromatic rings. The van der Waals surface area contributed by atoms with E-state index < -0.39 is 12.7 Å². The second-order valence-electron chi connectivity index (χ2n) is 6.98. The quantitative estimate of drug-likeness (QED) is 0.547. The van der Waals surface area contributed by atoms with Gasteiger partial charge in [0.15, 0.2) is 5.96 Å². The number of alkyl halides is 3. The Kier molecular flexibility index (Phi) is 7.77. The first-order valence-corrected chi connectivity index (χ1v) is 9.03. The van der Waals surface area contributed by atoms with Gasteiger partial charge in [0.25, 0.3) is 0 Å². The van der Waals surface area contributed by atoms with Crippen LogP contribution in [0.15, 0.2) is 4.99 Å². The molecule has 0 aromatic carbocycles. The van der Waals surface area contributed by atoms with Gasteiger partial charge >= 0.3 is 6.18 Å². The van der Waals surface area contributed by atoms with Crippen LogP contribution in [0.25, 0.3) is 0 Å². The van der Waals surface area contributed by atoms with Crippen molar-refractivity contribution in [2.75, 3.05) is 73.0 Å². The SMILES string of the molecule is CN=C(NCCN1CCCN(C)CC1)NC1CCN(CC(F)(F)F)C1. The van der Waals surface area contributed by atoms with Crippen LogP contribution in [0.5, 0.6) is 0 Å². The van der Waals surface area contributed by atoms with Gasteiger partial charge in [-0.3, -0.25) is 9.89 Å². The van der Waals surface area contributed by atoms with E-state index in [-0.39, 0.29) is 6.04 Å². The number of halogens is 3. The van der Waals surface area contributed by atoms with Crippen molar-refractivity contribution in [1.29, 1.82) is 0 Å². The van der Waals surface area contributed by atoms with Gasteiger partial charge in [-0.25, -0.2) is 0 Å². The molecule has 0 aliphatic carbocycles. The van der Waals surface area contributed by atoms with Crippen molar-refractivity contribution in [3.05, 3.63) is 0 Å². The van der Waals surface area contributed by atoms with E-state index in [0.717, 1.165) is 39.3 Å². The normalized spacial score (nSPS) is 25.2. The van der Waals surface area contributed by atoms with E-state index in [0.29, 0.717) is 25.5 Å². The van der Waals surface area contributed by atoms with Gasteiger partial charge in [0, 0.05) is 52.4 Å². The highest BCUT2D eigenvalue weighted by Crippen LogP contribution is 2.19. The highest BCUT2D eigenvalue weighted by molar-refractivity contribution is 5.80. The maximum absolute atomic E-state index is 12.5. The van der Waals surface area contributed by atoms with Crippen LogP contribution in [-0.2, 0) is 0 Å².